The Hall–Kier alpha value is -2.28. The van der Waals surface area contributed by atoms with Gasteiger partial charge < -0.3 is 11.1 Å². The molecule has 21 heavy (non-hydrogen) atoms. The number of thiophene rings is 1. The van der Waals surface area contributed by atoms with E-state index in [0.29, 0.717) is 5.69 Å². The van der Waals surface area contributed by atoms with Crippen LogP contribution in [-0.2, 0) is 6.18 Å². The van der Waals surface area contributed by atoms with Crippen molar-refractivity contribution in [1.82, 2.24) is 4.98 Å². The molecule has 0 aliphatic heterocycles. The van der Waals surface area contributed by atoms with Gasteiger partial charge in [0.2, 0.25) is 0 Å². The molecule has 108 valence electrons. The van der Waals surface area contributed by atoms with Crippen molar-refractivity contribution >= 4 is 38.7 Å². The normalized spacial score (nSPS) is 11.8. The van der Waals surface area contributed by atoms with Gasteiger partial charge in [0.25, 0.3) is 0 Å². The van der Waals surface area contributed by atoms with E-state index in [9.17, 15) is 13.2 Å². The van der Waals surface area contributed by atoms with Crippen LogP contribution in [0.1, 0.15) is 5.56 Å². The summed E-state index contributed by atoms with van der Waals surface area (Å²) in [5, 5.41) is 5.82. The van der Waals surface area contributed by atoms with E-state index < -0.39 is 11.7 Å². The fourth-order valence-corrected chi connectivity index (χ4v) is 2.74. The second-order valence-electron chi connectivity index (χ2n) is 4.46. The summed E-state index contributed by atoms with van der Waals surface area (Å²) in [6, 6.07) is 9.24. The molecule has 0 amide bonds. The molecule has 0 spiro atoms. The highest BCUT2D eigenvalue weighted by Crippen LogP contribution is 2.32. The highest BCUT2D eigenvalue weighted by atomic mass is 32.1. The monoisotopic (exact) mass is 309 g/mol. The van der Waals surface area contributed by atoms with Crippen LogP contribution in [0.5, 0.6) is 0 Å². The largest absolute Gasteiger partial charge is 0.416 e. The predicted molar refractivity (Wildman–Crippen MR) is 78.8 cm³/mol. The molecule has 0 aliphatic carbocycles. The molecular formula is C14H10F3N3S. The first kappa shape index (κ1) is 13.7. The van der Waals surface area contributed by atoms with Gasteiger partial charge in [-0.15, -0.1) is 11.3 Å². The Morgan fingerprint density at radius 3 is 2.67 bits per heavy atom. The van der Waals surface area contributed by atoms with Crippen molar-refractivity contribution in [3.8, 4) is 0 Å². The lowest BCUT2D eigenvalue weighted by atomic mass is 10.2. The van der Waals surface area contributed by atoms with Crippen molar-refractivity contribution in [3.63, 3.8) is 0 Å². The van der Waals surface area contributed by atoms with Crippen LogP contribution < -0.4 is 11.1 Å². The highest BCUT2D eigenvalue weighted by molar-refractivity contribution is 7.17. The third-order valence-electron chi connectivity index (χ3n) is 2.90. The zero-order chi connectivity index (χ0) is 15.0. The number of nitrogen functional groups attached to an aromatic ring is 1. The van der Waals surface area contributed by atoms with Gasteiger partial charge in [0.15, 0.2) is 0 Å². The number of pyridine rings is 1. The molecule has 2 heterocycles. The first-order valence-corrected chi connectivity index (χ1v) is 6.89. The van der Waals surface area contributed by atoms with Gasteiger partial charge in [0, 0.05) is 10.4 Å². The summed E-state index contributed by atoms with van der Waals surface area (Å²) in [6.45, 7) is 0. The van der Waals surface area contributed by atoms with Gasteiger partial charge in [-0.05, 0) is 47.2 Å². The van der Waals surface area contributed by atoms with Crippen LogP contribution in [0, 0.1) is 0 Å². The third kappa shape index (κ3) is 2.92. The topological polar surface area (TPSA) is 50.9 Å². The van der Waals surface area contributed by atoms with E-state index in [1.165, 1.54) is 0 Å². The number of hydrogen-bond acceptors (Lipinski definition) is 4. The van der Waals surface area contributed by atoms with Crippen molar-refractivity contribution in [3.05, 3.63) is 47.3 Å². The minimum atomic E-state index is -4.45. The zero-order valence-corrected chi connectivity index (χ0v) is 11.4. The third-order valence-corrected chi connectivity index (χ3v) is 3.80. The summed E-state index contributed by atoms with van der Waals surface area (Å²) < 4.78 is 39.3. The van der Waals surface area contributed by atoms with Gasteiger partial charge in [-0.3, -0.25) is 0 Å². The lowest BCUT2D eigenvalue weighted by Gasteiger charge is -2.11. The molecule has 1 aromatic carbocycles. The average molecular weight is 309 g/mol. The van der Waals surface area contributed by atoms with E-state index >= 15 is 0 Å². The van der Waals surface area contributed by atoms with E-state index in [2.05, 4.69) is 10.3 Å². The fourth-order valence-electron chi connectivity index (χ4n) is 1.97. The fraction of sp³-hybridized carbons (Fsp3) is 0.0714. The SMILES string of the molecule is Nc1cc(C(F)(F)F)cc(Nc2ccc3sccc3c2)n1. The molecule has 0 bridgehead atoms. The van der Waals surface area contributed by atoms with Gasteiger partial charge in [-0.25, -0.2) is 4.98 Å². The van der Waals surface area contributed by atoms with Crippen LogP contribution in [0.4, 0.5) is 30.5 Å². The summed E-state index contributed by atoms with van der Waals surface area (Å²) in [6.07, 6.45) is -4.45. The average Bonchev–Trinajstić information content (AvgIpc) is 2.84. The standard InChI is InChI=1S/C14H10F3N3S/c15-14(16,17)9-6-12(18)20-13(7-9)19-10-1-2-11-8(5-10)3-4-21-11/h1-7H,(H3,18,19,20). The number of nitrogens with two attached hydrogens (primary N) is 1. The Balaban J connectivity index is 1.95. The Morgan fingerprint density at radius 1 is 1.10 bits per heavy atom. The molecule has 0 radical (unpaired) electrons. The van der Waals surface area contributed by atoms with Gasteiger partial charge in [0.05, 0.1) is 5.56 Å². The maximum Gasteiger partial charge on any atom is 0.416 e. The van der Waals surface area contributed by atoms with Crippen LogP contribution >= 0.6 is 11.3 Å². The minimum Gasteiger partial charge on any atom is -0.384 e. The summed E-state index contributed by atoms with van der Waals surface area (Å²) in [5.74, 6) is -0.110. The van der Waals surface area contributed by atoms with Crippen molar-refractivity contribution in [2.75, 3.05) is 11.1 Å². The molecule has 3 N–H and O–H groups in total. The number of alkyl halides is 3. The maximum atomic E-state index is 12.7. The lowest BCUT2D eigenvalue weighted by molar-refractivity contribution is -0.137. The molecule has 7 heteroatoms. The summed E-state index contributed by atoms with van der Waals surface area (Å²) >= 11 is 1.60. The number of hydrogen-bond donors (Lipinski definition) is 2. The molecule has 3 nitrogen and oxygen atoms in total. The van der Waals surface area contributed by atoms with Gasteiger partial charge in [-0.2, -0.15) is 13.2 Å². The van der Waals surface area contributed by atoms with Crippen LogP contribution in [0.3, 0.4) is 0 Å². The molecule has 2 aromatic heterocycles. The van der Waals surface area contributed by atoms with E-state index in [-0.39, 0.29) is 11.6 Å². The lowest BCUT2D eigenvalue weighted by Crippen LogP contribution is -2.08. The molecule has 0 unspecified atom stereocenters. The maximum absolute atomic E-state index is 12.7. The zero-order valence-electron chi connectivity index (χ0n) is 10.6. The Kier molecular flexibility index (Phi) is 3.21. The van der Waals surface area contributed by atoms with Gasteiger partial charge in [-0.1, -0.05) is 0 Å². The van der Waals surface area contributed by atoms with Crippen molar-refractivity contribution in [2.24, 2.45) is 0 Å². The van der Waals surface area contributed by atoms with Crippen molar-refractivity contribution in [1.29, 1.82) is 0 Å². The van der Waals surface area contributed by atoms with E-state index in [1.807, 2.05) is 23.6 Å². The summed E-state index contributed by atoms with van der Waals surface area (Å²) in [4.78, 5) is 3.88. The smallest absolute Gasteiger partial charge is 0.384 e. The van der Waals surface area contributed by atoms with E-state index in [4.69, 9.17) is 5.73 Å². The summed E-state index contributed by atoms with van der Waals surface area (Å²) in [5.41, 5.74) is 5.27. The van der Waals surface area contributed by atoms with E-state index in [0.717, 1.165) is 22.2 Å². The number of nitrogens with zero attached hydrogens (tertiary/aromatic N) is 1. The van der Waals surface area contributed by atoms with Crippen molar-refractivity contribution in [2.45, 2.75) is 6.18 Å². The number of rotatable bonds is 2. The summed E-state index contributed by atoms with van der Waals surface area (Å²) in [7, 11) is 0. The van der Waals surface area contributed by atoms with Crippen LogP contribution in [0.15, 0.2) is 41.8 Å². The molecule has 3 rings (SSSR count). The van der Waals surface area contributed by atoms with Gasteiger partial charge in [0.1, 0.15) is 11.6 Å². The molecule has 0 saturated carbocycles. The number of nitrogens with one attached hydrogen (secondary N) is 1. The Bertz CT molecular complexity index is 796. The van der Waals surface area contributed by atoms with E-state index in [1.54, 1.807) is 17.4 Å². The first-order chi connectivity index (χ1) is 9.91. The molecule has 0 aliphatic rings. The molecule has 3 aromatic rings. The number of benzene rings is 1. The number of halogens is 3. The van der Waals surface area contributed by atoms with Crippen molar-refractivity contribution < 1.29 is 13.2 Å². The van der Waals surface area contributed by atoms with Gasteiger partial charge >= 0.3 is 6.18 Å². The predicted octanol–water partition coefficient (Wildman–Crippen LogP) is 4.64. The van der Waals surface area contributed by atoms with Crippen LogP contribution in [0.2, 0.25) is 0 Å². The second kappa shape index (κ2) is 4.92. The highest BCUT2D eigenvalue weighted by Gasteiger charge is 2.31. The number of anilines is 3. The van der Waals surface area contributed by atoms with Crippen LogP contribution in [0.25, 0.3) is 10.1 Å². The number of fused-ring (bicyclic) bond motifs is 1. The molecular weight excluding hydrogens is 299 g/mol. The first-order valence-electron chi connectivity index (χ1n) is 6.01. The second-order valence-corrected chi connectivity index (χ2v) is 5.41. The quantitative estimate of drug-likeness (QED) is 0.725. The molecule has 0 atom stereocenters. The van der Waals surface area contributed by atoms with Crippen LogP contribution in [-0.4, -0.2) is 4.98 Å². The Labute approximate surface area is 122 Å². The molecule has 0 fully saturated rings. The Morgan fingerprint density at radius 2 is 1.90 bits per heavy atom. The number of aromatic nitrogens is 1. The molecule has 0 saturated heterocycles. The minimum absolute atomic E-state index is 0.0666.